The van der Waals surface area contributed by atoms with E-state index in [4.69, 9.17) is 0 Å². The molecule has 2 fully saturated rings. The summed E-state index contributed by atoms with van der Waals surface area (Å²) in [6.45, 7) is 4.08. The fourth-order valence-corrected chi connectivity index (χ4v) is 5.23. The van der Waals surface area contributed by atoms with Gasteiger partial charge in [0, 0.05) is 43.4 Å². The van der Waals surface area contributed by atoms with Crippen molar-refractivity contribution < 1.29 is 5.11 Å². The smallest absolute Gasteiger partial charge is 0.106 e. The second kappa shape index (κ2) is 8.15. The highest BCUT2D eigenvalue weighted by Gasteiger charge is 2.48. The molecule has 4 rings (SSSR count). The number of unbranched alkanes of at least 4 members (excludes halogenated alkanes) is 1. The molecule has 4 nitrogen and oxygen atoms in total. The predicted molar refractivity (Wildman–Crippen MR) is 108 cm³/mol. The molecule has 1 aliphatic carbocycles. The van der Waals surface area contributed by atoms with Gasteiger partial charge in [0.2, 0.25) is 0 Å². The highest BCUT2D eigenvalue weighted by atomic mass is 16.3. The minimum Gasteiger partial charge on any atom is -0.385 e. The lowest BCUT2D eigenvalue weighted by Crippen LogP contribution is -2.57. The van der Waals surface area contributed by atoms with Crippen LogP contribution in [-0.2, 0) is 18.6 Å². The zero-order valence-electron chi connectivity index (χ0n) is 16.5. The number of aromatic amines is 1. The van der Waals surface area contributed by atoms with Gasteiger partial charge >= 0.3 is 0 Å². The maximum Gasteiger partial charge on any atom is 0.106 e. The average molecular weight is 368 g/mol. The number of aromatic nitrogens is 2. The fraction of sp³-hybridized carbons (Fsp3) is 0.609. The Bertz CT molecular complexity index is 728. The van der Waals surface area contributed by atoms with Gasteiger partial charge < -0.3 is 10.1 Å². The van der Waals surface area contributed by atoms with Crippen LogP contribution in [0.5, 0.6) is 0 Å². The number of likely N-dealkylation sites (tertiary alicyclic amines) is 1. The summed E-state index contributed by atoms with van der Waals surface area (Å²) >= 11 is 0. The van der Waals surface area contributed by atoms with Crippen LogP contribution in [0.2, 0.25) is 0 Å². The van der Waals surface area contributed by atoms with Crippen LogP contribution in [0.15, 0.2) is 36.5 Å². The first-order valence-electron chi connectivity index (χ1n) is 10.8. The highest BCUT2D eigenvalue weighted by molar-refractivity contribution is 5.25. The van der Waals surface area contributed by atoms with Gasteiger partial charge in [-0.2, -0.15) is 0 Å². The molecule has 27 heavy (non-hydrogen) atoms. The van der Waals surface area contributed by atoms with Crippen molar-refractivity contribution in [3.63, 3.8) is 0 Å². The first-order valence-corrected chi connectivity index (χ1v) is 10.8. The molecule has 1 saturated carbocycles. The van der Waals surface area contributed by atoms with Crippen molar-refractivity contribution in [2.24, 2.45) is 5.92 Å². The van der Waals surface area contributed by atoms with Gasteiger partial charge in [0.15, 0.2) is 0 Å². The quantitative estimate of drug-likeness (QED) is 0.795. The fourth-order valence-electron chi connectivity index (χ4n) is 5.23. The van der Waals surface area contributed by atoms with Crippen molar-refractivity contribution >= 4 is 0 Å². The minimum absolute atomic E-state index is 0.324. The van der Waals surface area contributed by atoms with E-state index in [1.807, 2.05) is 12.3 Å². The number of benzene rings is 1. The second-order valence-electron chi connectivity index (χ2n) is 8.43. The van der Waals surface area contributed by atoms with Crippen LogP contribution in [0, 0.1) is 5.92 Å². The van der Waals surface area contributed by atoms with Crippen LogP contribution in [0.25, 0.3) is 0 Å². The van der Waals surface area contributed by atoms with E-state index in [1.54, 1.807) is 0 Å². The van der Waals surface area contributed by atoms with Gasteiger partial charge in [0.1, 0.15) is 5.82 Å². The Labute approximate surface area is 163 Å². The third-order valence-corrected chi connectivity index (χ3v) is 6.69. The van der Waals surface area contributed by atoms with Crippen LogP contribution in [0.4, 0.5) is 0 Å². The van der Waals surface area contributed by atoms with E-state index in [1.165, 1.54) is 37.8 Å². The molecule has 1 aromatic carbocycles. The van der Waals surface area contributed by atoms with Crippen LogP contribution >= 0.6 is 0 Å². The van der Waals surface area contributed by atoms with Gasteiger partial charge in [-0.25, -0.2) is 4.98 Å². The zero-order valence-corrected chi connectivity index (χ0v) is 16.5. The number of hydrogen-bond acceptors (Lipinski definition) is 3. The number of nitrogens with zero attached hydrogens (tertiary/aromatic N) is 2. The molecule has 4 heteroatoms. The van der Waals surface area contributed by atoms with E-state index in [9.17, 15) is 5.11 Å². The first kappa shape index (κ1) is 18.7. The molecule has 1 aromatic heterocycles. The molecular weight excluding hydrogens is 334 g/mol. The van der Waals surface area contributed by atoms with Crippen molar-refractivity contribution in [1.29, 1.82) is 0 Å². The number of aryl methyl sites for hydroxylation is 1. The highest BCUT2D eigenvalue weighted by Crippen LogP contribution is 2.47. The third-order valence-electron chi connectivity index (χ3n) is 6.69. The Morgan fingerprint density at radius 1 is 1.22 bits per heavy atom. The predicted octanol–water partition coefficient (Wildman–Crippen LogP) is 4.40. The summed E-state index contributed by atoms with van der Waals surface area (Å²) in [5, 5.41) is 11.7. The molecule has 0 radical (unpaired) electrons. The molecule has 1 saturated heterocycles. The lowest BCUT2D eigenvalue weighted by atomic mass is 9.66. The van der Waals surface area contributed by atoms with Crippen molar-refractivity contribution in [3.8, 4) is 0 Å². The summed E-state index contributed by atoms with van der Waals surface area (Å²) in [7, 11) is 0. The van der Waals surface area contributed by atoms with Crippen molar-refractivity contribution in [2.75, 3.05) is 6.54 Å². The summed E-state index contributed by atoms with van der Waals surface area (Å²) in [4.78, 5) is 10.7. The Balaban J connectivity index is 1.51. The van der Waals surface area contributed by atoms with Crippen molar-refractivity contribution in [3.05, 3.63) is 53.6 Å². The number of hydrogen-bond donors (Lipinski definition) is 2. The maximum absolute atomic E-state index is 11.7. The molecule has 2 aromatic rings. The van der Waals surface area contributed by atoms with Crippen LogP contribution in [0.1, 0.15) is 69.0 Å². The van der Waals surface area contributed by atoms with Crippen LogP contribution in [0.3, 0.4) is 0 Å². The molecule has 2 N–H and O–H groups in total. The molecule has 0 unspecified atom stereocenters. The topological polar surface area (TPSA) is 52.1 Å². The molecule has 146 valence electrons. The van der Waals surface area contributed by atoms with Gasteiger partial charge in [0.05, 0.1) is 5.60 Å². The standard InChI is InChI=1S/C23H33N3O/c1-2-3-13-22-24-16-19(25-22)17-26-15-14-23(27,18-9-5-4-6-10-18)20-11-7-8-12-21(20)26/h4-6,9-10,16,20-21,27H,2-3,7-8,11-15,17H2,1H3,(H,24,25)/t20-,21-,23+/m0/s1. The normalized spacial score (nSPS) is 28.8. The summed E-state index contributed by atoms with van der Waals surface area (Å²) in [5.74, 6) is 1.44. The largest absolute Gasteiger partial charge is 0.385 e. The molecule has 1 aliphatic heterocycles. The van der Waals surface area contributed by atoms with E-state index < -0.39 is 5.60 Å². The van der Waals surface area contributed by atoms with Crippen molar-refractivity contribution in [1.82, 2.24) is 14.9 Å². The number of H-pyrrole nitrogens is 1. The second-order valence-corrected chi connectivity index (χ2v) is 8.43. The number of imidazole rings is 1. The number of nitrogens with one attached hydrogen (secondary N) is 1. The Morgan fingerprint density at radius 3 is 2.85 bits per heavy atom. The lowest BCUT2D eigenvalue weighted by Gasteiger charge is -2.52. The van der Waals surface area contributed by atoms with E-state index in [0.29, 0.717) is 12.0 Å². The Kier molecular flexibility index (Phi) is 5.65. The van der Waals surface area contributed by atoms with E-state index in [2.05, 4.69) is 46.1 Å². The first-order chi connectivity index (χ1) is 13.2. The SMILES string of the molecule is CCCCc1ncc(CN2CC[C@@](O)(c3ccccc3)[C@H]3CCCC[C@@H]32)[nH]1. The zero-order chi connectivity index (χ0) is 18.7. The number of aliphatic hydroxyl groups is 1. The number of rotatable bonds is 6. The molecular formula is C23H33N3O. The van der Waals surface area contributed by atoms with Gasteiger partial charge in [-0.05, 0) is 31.2 Å². The van der Waals surface area contributed by atoms with Gasteiger partial charge in [0.25, 0.3) is 0 Å². The number of piperidine rings is 1. The lowest BCUT2D eigenvalue weighted by molar-refractivity contribution is -0.123. The Morgan fingerprint density at radius 2 is 2.04 bits per heavy atom. The van der Waals surface area contributed by atoms with Gasteiger partial charge in [-0.15, -0.1) is 0 Å². The molecule has 0 bridgehead atoms. The molecule has 0 spiro atoms. The van der Waals surface area contributed by atoms with Gasteiger partial charge in [-0.3, -0.25) is 4.90 Å². The maximum atomic E-state index is 11.7. The molecule has 2 aliphatic rings. The van der Waals surface area contributed by atoms with Crippen LogP contribution < -0.4 is 0 Å². The van der Waals surface area contributed by atoms with E-state index >= 15 is 0 Å². The Hall–Kier alpha value is -1.65. The average Bonchev–Trinajstić information content (AvgIpc) is 3.17. The van der Waals surface area contributed by atoms with Crippen molar-refractivity contribution in [2.45, 2.75) is 76.5 Å². The summed E-state index contributed by atoms with van der Waals surface area (Å²) in [6, 6.07) is 10.8. The minimum atomic E-state index is -0.677. The summed E-state index contributed by atoms with van der Waals surface area (Å²) < 4.78 is 0. The number of fused-ring (bicyclic) bond motifs is 1. The van der Waals surface area contributed by atoms with Gasteiger partial charge in [-0.1, -0.05) is 56.5 Å². The van der Waals surface area contributed by atoms with Crippen LogP contribution in [-0.4, -0.2) is 32.6 Å². The summed E-state index contributed by atoms with van der Waals surface area (Å²) in [5.41, 5.74) is 1.64. The molecule has 0 amide bonds. The third kappa shape index (κ3) is 3.83. The molecule has 3 atom stereocenters. The van der Waals surface area contributed by atoms with E-state index in [0.717, 1.165) is 43.7 Å². The molecule has 2 heterocycles. The monoisotopic (exact) mass is 367 g/mol. The summed E-state index contributed by atoms with van der Waals surface area (Å²) in [6.07, 6.45) is 11.1. The van der Waals surface area contributed by atoms with E-state index in [-0.39, 0.29) is 0 Å².